The molecule has 2 saturated carbocycles. The number of rotatable bonds is 3. The lowest BCUT2D eigenvalue weighted by molar-refractivity contribution is 0.448. The summed E-state index contributed by atoms with van der Waals surface area (Å²) in [6, 6.07) is 4.83. The molecule has 1 aromatic rings. The second-order valence-electron chi connectivity index (χ2n) is 7.20. The number of aryl methyl sites for hydroxylation is 1. The van der Waals surface area contributed by atoms with Crippen LogP contribution in [0.15, 0.2) is 12.1 Å². The molecule has 1 nitrogen and oxygen atoms in total. The van der Waals surface area contributed by atoms with Gasteiger partial charge in [0, 0.05) is 23.2 Å². The first-order chi connectivity index (χ1) is 10.4. The predicted molar refractivity (Wildman–Crippen MR) is 89.9 cm³/mol. The van der Waals surface area contributed by atoms with Crippen molar-refractivity contribution in [2.24, 2.45) is 0 Å². The second-order valence-corrected chi connectivity index (χ2v) is 7.20. The maximum absolute atomic E-state index is 5.16. The van der Waals surface area contributed by atoms with Gasteiger partial charge in [0.05, 0.1) is 0 Å². The summed E-state index contributed by atoms with van der Waals surface area (Å²) in [6.45, 7) is 2.29. The third-order valence-electron chi connectivity index (χ3n) is 5.63. The standard InChI is InChI=1S/C20H31N/c1-2-16-14-19(17-10-6-4-3-5-7-11-17)21-20(15-16)18-12-8-9-13-18/h14-15,17-18H,2-13H2,1H3. The molecule has 1 heteroatoms. The fourth-order valence-corrected chi connectivity index (χ4v) is 4.23. The van der Waals surface area contributed by atoms with Crippen LogP contribution in [-0.4, -0.2) is 4.98 Å². The van der Waals surface area contributed by atoms with Gasteiger partial charge in [-0.25, -0.2) is 0 Å². The lowest BCUT2D eigenvalue weighted by Crippen LogP contribution is -2.08. The zero-order chi connectivity index (χ0) is 14.5. The quantitative estimate of drug-likeness (QED) is 0.651. The number of hydrogen-bond donors (Lipinski definition) is 0. The van der Waals surface area contributed by atoms with Crippen LogP contribution < -0.4 is 0 Å². The monoisotopic (exact) mass is 285 g/mol. The molecule has 21 heavy (non-hydrogen) atoms. The summed E-state index contributed by atoms with van der Waals surface area (Å²) in [6.07, 6.45) is 16.5. The van der Waals surface area contributed by atoms with Gasteiger partial charge in [0.25, 0.3) is 0 Å². The molecule has 3 rings (SSSR count). The molecule has 0 radical (unpaired) electrons. The first kappa shape index (κ1) is 15.1. The number of pyridine rings is 1. The van der Waals surface area contributed by atoms with E-state index in [1.165, 1.54) is 87.6 Å². The molecule has 0 aliphatic heterocycles. The summed E-state index contributed by atoms with van der Waals surface area (Å²) >= 11 is 0. The molecule has 0 bridgehead atoms. The van der Waals surface area contributed by atoms with Crippen molar-refractivity contribution in [3.63, 3.8) is 0 Å². The van der Waals surface area contributed by atoms with Crippen LogP contribution in [0.3, 0.4) is 0 Å². The Labute approximate surface area is 130 Å². The summed E-state index contributed by atoms with van der Waals surface area (Å²) in [5.41, 5.74) is 4.37. The summed E-state index contributed by atoms with van der Waals surface area (Å²) in [4.78, 5) is 5.16. The Morgan fingerprint density at radius 1 is 0.762 bits per heavy atom. The van der Waals surface area contributed by atoms with Gasteiger partial charge in [-0.1, -0.05) is 51.9 Å². The molecule has 0 unspecified atom stereocenters. The van der Waals surface area contributed by atoms with Gasteiger partial charge in [0.1, 0.15) is 0 Å². The Morgan fingerprint density at radius 2 is 1.19 bits per heavy atom. The molecule has 1 heterocycles. The molecule has 0 amide bonds. The van der Waals surface area contributed by atoms with Gasteiger partial charge in [0.15, 0.2) is 0 Å². The number of nitrogens with zero attached hydrogens (tertiary/aromatic N) is 1. The second kappa shape index (κ2) is 7.42. The summed E-state index contributed by atoms with van der Waals surface area (Å²) in [5.74, 6) is 1.49. The third-order valence-corrected chi connectivity index (χ3v) is 5.63. The van der Waals surface area contributed by atoms with Crippen molar-refractivity contribution in [3.05, 3.63) is 29.1 Å². The fraction of sp³-hybridized carbons (Fsp3) is 0.750. The van der Waals surface area contributed by atoms with E-state index in [1.807, 2.05) is 0 Å². The first-order valence-corrected chi connectivity index (χ1v) is 9.37. The highest BCUT2D eigenvalue weighted by Gasteiger charge is 2.21. The van der Waals surface area contributed by atoms with Gasteiger partial charge >= 0.3 is 0 Å². The van der Waals surface area contributed by atoms with Crippen molar-refractivity contribution in [1.29, 1.82) is 0 Å². The van der Waals surface area contributed by atoms with Crippen LogP contribution >= 0.6 is 0 Å². The van der Waals surface area contributed by atoms with Gasteiger partial charge < -0.3 is 0 Å². The van der Waals surface area contributed by atoms with Crippen LogP contribution in [0.1, 0.15) is 106 Å². The Bertz CT molecular complexity index is 437. The normalized spacial score (nSPS) is 22.1. The minimum atomic E-state index is 0.733. The smallest absolute Gasteiger partial charge is 0.0440 e. The van der Waals surface area contributed by atoms with Crippen LogP contribution in [0.4, 0.5) is 0 Å². The summed E-state index contributed by atoms with van der Waals surface area (Å²) in [7, 11) is 0. The van der Waals surface area contributed by atoms with E-state index in [0.717, 1.165) is 18.3 Å². The van der Waals surface area contributed by atoms with Gasteiger partial charge in [-0.3, -0.25) is 4.98 Å². The molecular formula is C20H31N. The SMILES string of the molecule is CCc1cc(C2CCCCCCC2)nc(C2CCCC2)c1. The van der Waals surface area contributed by atoms with E-state index in [2.05, 4.69) is 19.1 Å². The molecule has 0 saturated heterocycles. The van der Waals surface area contributed by atoms with Crippen molar-refractivity contribution < 1.29 is 0 Å². The minimum absolute atomic E-state index is 0.733. The zero-order valence-electron chi connectivity index (χ0n) is 13.7. The van der Waals surface area contributed by atoms with Gasteiger partial charge in [-0.15, -0.1) is 0 Å². The van der Waals surface area contributed by atoms with Crippen molar-refractivity contribution in [2.75, 3.05) is 0 Å². The van der Waals surface area contributed by atoms with Gasteiger partial charge in [-0.05, 0) is 49.8 Å². The zero-order valence-corrected chi connectivity index (χ0v) is 13.7. The highest BCUT2D eigenvalue weighted by atomic mass is 14.7. The highest BCUT2D eigenvalue weighted by Crippen LogP contribution is 2.36. The lowest BCUT2D eigenvalue weighted by atomic mass is 9.87. The summed E-state index contributed by atoms with van der Waals surface area (Å²) in [5, 5.41) is 0. The van der Waals surface area contributed by atoms with Crippen molar-refractivity contribution in [2.45, 2.75) is 95.8 Å². The van der Waals surface area contributed by atoms with E-state index in [9.17, 15) is 0 Å². The van der Waals surface area contributed by atoms with E-state index in [1.54, 1.807) is 0 Å². The molecule has 0 aromatic carbocycles. The highest BCUT2D eigenvalue weighted by molar-refractivity contribution is 5.26. The van der Waals surface area contributed by atoms with Crippen LogP contribution in [0, 0.1) is 0 Å². The third kappa shape index (κ3) is 3.87. The van der Waals surface area contributed by atoms with Gasteiger partial charge in [-0.2, -0.15) is 0 Å². The Hall–Kier alpha value is -0.850. The average Bonchev–Trinajstić information content (AvgIpc) is 3.00. The van der Waals surface area contributed by atoms with Crippen molar-refractivity contribution in [1.82, 2.24) is 4.98 Å². The largest absolute Gasteiger partial charge is 0.257 e. The Kier molecular flexibility index (Phi) is 5.32. The first-order valence-electron chi connectivity index (χ1n) is 9.37. The van der Waals surface area contributed by atoms with E-state index in [4.69, 9.17) is 4.98 Å². The molecule has 2 aliphatic carbocycles. The van der Waals surface area contributed by atoms with E-state index < -0.39 is 0 Å². The molecule has 0 N–H and O–H groups in total. The molecule has 2 fully saturated rings. The van der Waals surface area contributed by atoms with Crippen molar-refractivity contribution >= 4 is 0 Å². The van der Waals surface area contributed by atoms with E-state index >= 15 is 0 Å². The molecule has 2 aliphatic rings. The topological polar surface area (TPSA) is 12.9 Å². The van der Waals surface area contributed by atoms with Crippen LogP contribution in [-0.2, 0) is 6.42 Å². The van der Waals surface area contributed by atoms with Crippen LogP contribution in [0.2, 0.25) is 0 Å². The van der Waals surface area contributed by atoms with Crippen molar-refractivity contribution in [3.8, 4) is 0 Å². The van der Waals surface area contributed by atoms with Crippen LogP contribution in [0.25, 0.3) is 0 Å². The molecule has 0 atom stereocenters. The van der Waals surface area contributed by atoms with E-state index in [0.29, 0.717) is 0 Å². The Morgan fingerprint density at radius 3 is 1.67 bits per heavy atom. The minimum Gasteiger partial charge on any atom is -0.257 e. The molecule has 1 aromatic heterocycles. The number of hydrogen-bond acceptors (Lipinski definition) is 1. The van der Waals surface area contributed by atoms with Crippen LogP contribution in [0.5, 0.6) is 0 Å². The maximum atomic E-state index is 5.16. The molecular weight excluding hydrogens is 254 g/mol. The fourth-order valence-electron chi connectivity index (χ4n) is 4.23. The van der Waals surface area contributed by atoms with Gasteiger partial charge in [0.2, 0.25) is 0 Å². The molecule has 0 spiro atoms. The molecule has 116 valence electrons. The lowest BCUT2D eigenvalue weighted by Gasteiger charge is -2.21. The average molecular weight is 285 g/mol. The Balaban J connectivity index is 1.83. The predicted octanol–water partition coefficient (Wildman–Crippen LogP) is 6.13. The number of aromatic nitrogens is 1. The summed E-state index contributed by atoms with van der Waals surface area (Å²) < 4.78 is 0. The van der Waals surface area contributed by atoms with E-state index in [-0.39, 0.29) is 0 Å². The maximum Gasteiger partial charge on any atom is 0.0440 e.